The number of hydrogen-bond donors (Lipinski definition) is 1. The summed E-state index contributed by atoms with van der Waals surface area (Å²) >= 11 is 0. The number of amides is 2. The fourth-order valence-corrected chi connectivity index (χ4v) is 6.09. The Bertz CT molecular complexity index is 1570. The zero-order chi connectivity index (χ0) is 33.4. The number of benzene rings is 3. The highest BCUT2D eigenvalue weighted by Crippen LogP contribution is 2.37. The van der Waals surface area contributed by atoms with Gasteiger partial charge >= 0.3 is 0 Å². The van der Waals surface area contributed by atoms with E-state index in [2.05, 4.69) is 5.32 Å². The van der Waals surface area contributed by atoms with Gasteiger partial charge in [0.25, 0.3) is 10.0 Å². The van der Waals surface area contributed by atoms with Gasteiger partial charge in [0.2, 0.25) is 11.8 Å². The van der Waals surface area contributed by atoms with Crippen molar-refractivity contribution in [3.8, 4) is 23.0 Å². The summed E-state index contributed by atoms with van der Waals surface area (Å²) in [5, 5.41) is 2.92. The van der Waals surface area contributed by atoms with Gasteiger partial charge in [-0.05, 0) is 63.9 Å². The molecule has 0 saturated heterocycles. The molecule has 244 valence electrons. The largest absolute Gasteiger partial charge is 0.497 e. The number of hydrogen-bond acceptors (Lipinski definition) is 8. The van der Waals surface area contributed by atoms with Crippen LogP contribution in [0.5, 0.6) is 23.0 Å². The Labute approximate surface area is 266 Å². The van der Waals surface area contributed by atoms with Crippen molar-refractivity contribution in [2.24, 2.45) is 0 Å². The molecule has 0 aliphatic carbocycles. The fourth-order valence-electron chi connectivity index (χ4n) is 4.65. The molecular formula is C33H43N3O8S. The predicted molar refractivity (Wildman–Crippen MR) is 173 cm³/mol. The van der Waals surface area contributed by atoms with Crippen LogP contribution in [0.3, 0.4) is 0 Å². The van der Waals surface area contributed by atoms with E-state index in [1.165, 1.54) is 57.6 Å². The van der Waals surface area contributed by atoms with Gasteiger partial charge in [-0.25, -0.2) is 8.42 Å². The van der Waals surface area contributed by atoms with E-state index < -0.39 is 34.1 Å². The third kappa shape index (κ3) is 8.81. The first-order valence-corrected chi connectivity index (χ1v) is 15.8. The van der Waals surface area contributed by atoms with Crippen LogP contribution in [0.15, 0.2) is 71.6 Å². The molecule has 0 radical (unpaired) electrons. The van der Waals surface area contributed by atoms with Crippen LogP contribution in [0.1, 0.15) is 33.3 Å². The molecular weight excluding hydrogens is 598 g/mol. The molecule has 12 heteroatoms. The van der Waals surface area contributed by atoms with E-state index in [1.54, 1.807) is 19.1 Å². The molecule has 3 rings (SSSR count). The molecule has 1 atom stereocenters. The van der Waals surface area contributed by atoms with E-state index in [0.29, 0.717) is 17.9 Å². The topological polar surface area (TPSA) is 124 Å². The van der Waals surface area contributed by atoms with Crippen LogP contribution in [0.25, 0.3) is 0 Å². The van der Waals surface area contributed by atoms with Gasteiger partial charge in [0.1, 0.15) is 24.1 Å². The summed E-state index contributed by atoms with van der Waals surface area (Å²) in [6.07, 6.45) is 0.449. The van der Waals surface area contributed by atoms with Crippen LogP contribution in [-0.4, -0.2) is 78.2 Å². The number of rotatable bonds is 14. The highest BCUT2D eigenvalue weighted by atomic mass is 32.2. The Balaban J connectivity index is 2.13. The first-order chi connectivity index (χ1) is 21.2. The zero-order valence-corrected chi connectivity index (χ0v) is 27.9. The standard InChI is InChI=1S/C33H43N3O8S/c1-23(32(38)34-33(2,3)4)35(19-18-24-12-10-9-11-13-24)31(37)22-36(27-20-25(41-5)14-16-28(27)42-6)45(39,40)26-15-17-29(43-7)30(21-26)44-8/h9-17,20-21,23H,18-19,22H2,1-8H3,(H,34,38)/t23-/m0/s1. The SMILES string of the molecule is COc1ccc(OC)c(N(CC(=O)N(CCc2ccccc2)[C@@H](C)C(=O)NC(C)(C)C)S(=O)(=O)c2ccc(OC)c(OC)c2)c1. The summed E-state index contributed by atoms with van der Waals surface area (Å²) in [5.74, 6) is 0.128. The molecule has 45 heavy (non-hydrogen) atoms. The van der Waals surface area contributed by atoms with Crippen molar-refractivity contribution in [3.63, 3.8) is 0 Å². The summed E-state index contributed by atoms with van der Waals surface area (Å²) in [7, 11) is 1.27. The monoisotopic (exact) mass is 641 g/mol. The molecule has 0 saturated carbocycles. The van der Waals surface area contributed by atoms with E-state index in [0.717, 1.165) is 9.87 Å². The molecule has 2 amide bonds. The third-order valence-electron chi connectivity index (χ3n) is 7.03. The number of ether oxygens (including phenoxy) is 4. The molecule has 0 spiro atoms. The quantitative estimate of drug-likeness (QED) is 0.277. The first-order valence-electron chi connectivity index (χ1n) is 14.4. The average Bonchev–Trinajstić information content (AvgIpc) is 3.02. The molecule has 0 aromatic heterocycles. The van der Waals surface area contributed by atoms with Gasteiger partial charge in [-0.1, -0.05) is 30.3 Å². The smallest absolute Gasteiger partial charge is 0.265 e. The van der Waals surface area contributed by atoms with E-state index in [1.807, 2.05) is 51.1 Å². The summed E-state index contributed by atoms with van der Waals surface area (Å²) in [5.41, 5.74) is 0.494. The molecule has 3 aromatic carbocycles. The van der Waals surface area contributed by atoms with Crippen molar-refractivity contribution in [2.75, 3.05) is 45.8 Å². The second-order valence-electron chi connectivity index (χ2n) is 11.3. The van der Waals surface area contributed by atoms with Gasteiger partial charge in [-0.15, -0.1) is 0 Å². The van der Waals surface area contributed by atoms with E-state index >= 15 is 0 Å². The Kier molecular flexibility index (Phi) is 11.7. The lowest BCUT2D eigenvalue weighted by Gasteiger charge is -2.33. The summed E-state index contributed by atoms with van der Waals surface area (Å²) in [6, 6.07) is 17.5. The Morgan fingerprint density at radius 2 is 1.44 bits per heavy atom. The molecule has 11 nitrogen and oxygen atoms in total. The van der Waals surface area contributed by atoms with Gasteiger partial charge in [-0.2, -0.15) is 0 Å². The average molecular weight is 642 g/mol. The van der Waals surface area contributed by atoms with Gasteiger partial charge in [0.15, 0.2) is 11.5 Å². The van der Waals surface area contributed by atoms with Crippen molar-refractivity contribution < 1.29 is 37.0 Å². The maximum absolute atomic E-state index is 14.4. The predicted octanol–water partition coefficient (Wildman–Crippen LogP) is 4.29. The summed E-state index contributed by atoms with van der Waals surface area (Å²) in [4.78, 5) is 28.8. The molecule has 1 N–H and O–H groups in total. The van der Waals surface area contributed by atoms with Gasteiger partial charge in [0, 0.05) is 24.2 Å². The van der Waals surface area contributed by atoms with Crippen molar-refractivity contribution >= 4 is 27.5 Å². The Hall–Kier alpha value is -4.45. The Morgan fingerprint density at radius 3 is 2.02 bits per heavy atom. The minimum Gasteiger partial charge on any atom is -0.497 e. The maximum atomic E-state index is 14.4. The number of anilines is 1. The van der Waals surface area contributed by atoms with Crippen LogP contribution < -0.4 is 28.6 Å². The molecule has 3 aromatic rings. The summed E-state index contributed by atoms with van der Waals surface area (Å²) in [6.45, 7) is 6.70. The van der Waals surface area contributed by atoms with Crippen LogP contribution in [-0.2, 0) is 26.0 Å². The van der Waals surface area contributed by atoms with E-state index in [4.69, 9.17) is 18.9 Å². The van der Waals surface area contributed by atoms with Crippen LogP contribution >= 0.6 is 0 Å². The number of carbonyl (C=O) groups is 2. The lowest BCUT2D eigenvalue weighted by atomic mass is 10.1. The number of methoxy groups -OCH3 is 4. The number of carbonyl (C=O) groups excluding carboxylic acids is 2. The van der Waals surface area contributed by atoms with Gasteiger partial charge in [0.05, 0.1) is 39.0 Å². The lowest BCUT2D eigenvalue weighted by molar-refractivity contribution is -0.139. The normalized spacial score (nSPS) is 12.1. The maximum Gasteiger partial charge on any atom is 0.265 e. The van der Waals surface area contributed by atoms with Crippen molar-refractivity contribution in [3.05, 3.63) is 72.3 Å². The minimum absolute atomic E-state index is 0.0785. The zero-order valence-electron chi connectivity index (χ0n) is 27.1. The fraction of sp³-hybridized carbons (Fsp3) is 0.394. The molecule has 0 unspecified atom stereocenters. The highest BCUT2D eigenvalue weighted by molar-refractivity contribution is 7.92. The first kappa shape index (κ1) is 35.0. The second kappa shape index (κ2) is 15.0. The molecule has 0 heterocycles. The van der Waals surface area contributed by atoms with Crippen molar-refractivity contribution in [1.82, 2.24) is 10.2 Å². The summed E-state index contributed by atoms with van der Waals surface area (Å²) < 4.78 is 51.3. The van der Waals surface area contributed by atoms with Crippen LogP contribution in [0.4, 0.5) is 5.69 Å². The molecule has 0 aliphatic heterocycles. The number of nitrogens with zero attached hydrogens (tertiary/aromatic N) is 2. The number of sulfonamides is 1. The van der Waals surface area contributed by atoms with Crippen molar-refractivity contribution in [2.45, 2.75) is 50.6 Å². The van der Waals surface area contributed by atoms with Gasteiger partial charge < -0.3 is 29.2 Å². The van der Waals surface area contributed by atoms with Crippen LogP contribution in [0, 0.1) is 0 Å². The molecule has 0 bridgehead atoms. The van der Waals surface area contributed by atoms with Gasteiger partial charge in [-0.3, -0.25) is 13.9 Å². The highest BCUT2D eigenvalue weighted by Gasteiger charge is 2.35. The van der Waals surface area contributed by atoms with E-state index in [-0.39, 0.29) is 34.5 Å². The number of nitrogens with one attached hydrogen (secondary N) is 1. The molecule has 0 aliphatic rings. The Morgan fingerprint density at radius 1 is 0.822 bits per heavy atom. The van der Waals surface area contributed by atoms with E-state index in [9.17, 15) is 18.0 Å². The second-order valence-corrected chi connectivity index (χ2v) is 13.2. The minimum atomic E-state index is -4.43. The van der Waals surface area contributed by atoms with Crippen molar-refractivity contribution in [1.29, 1.82) is 0 Å². The van der Waals surface area contributed by atoms with Crippen LogP contribution in [0.2, 0.25) is 0 Å². The molecule has 0 fully saturated rings. The lowest BCUT2D eigenvalue weighted by Crippen LogP contribution is -2.55. The third-order valence-corrected chi connectivity index (χ3v) is 8.78.